The second kappa shape index (κ2) is 5.52. The molecule has 0 saturated heterocycles. The Morgan fingerprint density at radius 2 is 1.95 bits per heavy atom. The largest absolute Gasteiger partial charge is 0.492 e. The van der Waals surface area contributed by atoms with Crippen LogP contribution in [0.15, 0.2) is 48.0 Å². The summed E-state index contributed by atoms with van der Waals surface area (Å²) in [6.45, 7) is 2.33. The van der Waals surface area contributed by atoms with Crippen LogP contribution in [0.5, 0.6) is 5.75 Å². The molecule has 0 unspecified atom stereocenters. The molecule has 0 aromatic heterocycles. The van der Waals surface area contributed by atoms with Gasteiger partial charge in [-0.2, -0.15) is 0 Å². The van der Waals surface area contributed by atoms with Gasteiger partial charge in [-0.15, -0.1) is 0 Å². The first kappa shape index (κ1) is 13.6. The maximum Gasteiger partial charge on any atom is 0.192 e. The highest BCUT2D eigenvalue weighted by Crippen LogP contribution is 2.30. The zero-order valence-electron chi connectivity index (χ0n) is 11.7. The number of aryl methyl sites for hydroxylation is 1. The van der Waals surface area contributed by atoms with Gasteiger partial charge in [0, 0.05) is 17.6 Å². The normalized spacial score (nSPS) is 16.3. The lowest BCUT2D eigenvalue weighted by Crippen LogP contribution is -2.02. The van der Waals surface area contributed by atoms with E-state index in [-0.39, 0.29) is 11.6 Å². The first-order valence-corrected chi connectivity index (χ1v) is 6.89. The summed E-state index contributed by atoms with van der Waals surface area (Å²) in [5.74, 6) is 0.223. The lowest BCUT2D eigenvalue weighted by molar-refractivity contribution is 0.103. The van der Waals surface area contributed by atoms with Crippen molar-refractivity contribution < 1.29 is 13.9 Å². The molecule has 0 fully saturated rings. The van der Waals surface area contributed by atoms with Crippen LogP contribution in [-0.2, 0) is 0 Å². The van der Waals surface area contributed by atoms with Gasteiger partial charge in [-0.3, -0.25) is 4.79 Å². The molecule has 106 valence electrons. The van der Waals surface area contributed by atoms with E-state index in [0.717, 1.165) is 5.56 Å². The molecule has 0 aliphatic carbocycles. The molecule has 3 rings (SSSR count). The highest BCUT2D eigenvalue weighted by molar-refractivity contribution is 6.13. The average molecular weight is 282 g/mol. The number of hydrogen-bond acceptors (Lipinski definition) is 2. The zero-order chi connectivity index (χ0) is 14.8. The van der Waals surface area contributed by atoms with Crippen LogP contribution in [0.1, 0.15) is 27.9 Å². The van der Waals surface area contributed by atoms with Crippen LogP contribution in [-0.4, -0.2) is 12.4 Å². The number of ketones is 1. The van der Waals surface area contributed by atoms with Crippen LogP contribution in [0, 0.1) is 12.7 Å². The fourth-order valence-corrected chi connectivity index (χ4v) is 2.49. The number of carbonyl (C=O) groups is 1. The molecule has 0 bridgehead atoms. The summed E-state index contributed by atoms with van der Waals surface area (Å²) in [6.07, 6.45) is 2.10. The molecule has 2 aromatic rings. The number of carbonyl (C=O) groups excluding carboxylic acids is 1. The van der Waals surface area contributed by atoms with Crippen molar-refractivity contribution in [3.63, 3.8) is 0 Å². The second-order valence-electron chi connectivity index (χ2n) is 5.07. The van der Waals surface area contributed by atoms with Crippen LogP contribution in [0.25, 0.3) is 6.08 Å². The molecule has 0 radical (unpaired) electrons. The number of para-hydroxylation sites is 1. The van der Waals surface area contributed by atoms with Crippen molar-refractivity contribution >= 4 is 11.9 Å². The third-order valence-corrected chi connectivity index (χ3v) is 3.60. The Bertz CT molecular complexity index is 732. The lowest BCUT2D eigenvalue weighted by atomic mass is 9.97. The third kappa shape index (κ3) is 2.59. The van der Waals surface area contributed by atoms with E-state index < -0.39 is 0 Å². The Balaban J connectivity index is 2.06. The van der Waals surface area contributed by atoms with Gasteiger partial charge in [0.15, 0.2) is 5.78 Å². The molecule has 0 N–H and O–H groups in total. The molecule has 0 saturated carbocycles. The van der Waals surface area contributed by atoms with Crippen molar-refractivity contribution in [1.82, 2.24) is 0 Å². The SMILES string of the molecule is Cc1cccc2c1OCC/C(=C/c1ccccc1F)C2=O. The maximum absolute atomic E-state index is 13.7. The highest BCUT2D eigenvalue weighted by atomic mass is 19.1. The Morgan fingerprint density at radius 1 is 1.14 bits per heavy atom. The molecular formula is C18H15FO2. The van der Waals surface area contributed by atoms with Crippen LogP contribution in [0.2, 0.25) is 0 Å². The summed E-state index contributed by atoms with van der Waals surface area (Å²) < 4.78 is 19.4. The van der Waals surface area contributed by atoms with Gasteiger partial charge in [-0.25, -0.2) is 4.39 Å². The molecule has 1 aliphatic rings. The van der Waals surface area contributed by atoms with Crippen LogP contribution >= 0.6 is 0 Å². The van der Waals surface area contributed by atoms with Gasteiger partial charge in [0.05, 0.1) is 12.2 Å². The van der Waals surface area contributed by atoms with Crippen molar-refractivity contribution in [2.24, 2.45) is 0 Å². The summed E-state index contributed by atoms with van der Waals surface area (Å²) in [6, 6.07) is 11.9. The average Bonchev–Trinajstić information content (AvgIpc) is 2.63. The number of ether oxygens (including phenoxy) is 1. The third-order valence-electron chi connectivity index (χ3n) is 3.60. The van der Waals surface area contributed by atoms with Gasteiger partial charge in [0.2, 0.25) is 0 Å². The number of rotatable bonds is 1. The van der Waals surface area contributed by atoms with Crippen molar-refractivity contribution in [3.05, 3.63) is 70.5 Å². The van der Waals surface area contributed by atoms with Crippen LogP contribution in [0.3, 0.4) is 0 Å². The van der Waals surface area contributed by atoms with E-state index in [2.05, 4.69) is 0 Å². The van der Waals surface area contributed by atoms with Crippen LogP contribution < -0.4 is 4.74 Å². The van der Waals surface area contributed by atoms with E-state index in [4.69, 9.17) is 4.74 Å². The molecule has 0 amide bonds. The van der Waals surface area contributed by atoms with Gasteiger partial charge in [0.25, 0.3) is 0 Å². The predicted octanol–water partition coefficient (Wildman–Crippen LogP) is 4.18. The van der Waals surface area contributed by atoms with Gasteiger partial charge in [-0.05, 0) is 30.7 Å². The van der Waals surface area contributed by atoms with Crippen molar-refractivity contribution in [2.75, 3.05) is 6.61 Å². The Labute approximate surface area is 122 Å². The van der Waals surface area contributed by atoms with Crippen molar-refractivity contribution in [3.8, 4) is 5.75 Å². The molecule has 0 atom stereocenters. The van der Waals surface area contributed by atoms with Gasteiger partial charge in [0.1, 0.15) is 11.6 Å². The number of hydrogen-bond donors (Lipinski definition) is 0. The maximum atomic E-state index is 13.7. The van der Waals surface area contributed by atoms with Crippen molar-refractivity contribution in [2.45, 2.75) is 13.3 Å². The summed E-state index contributed by atoms with van der Waals surface area (Å²) in [7, 11) is 0. The van der Waals surface area contributed by atoms with Crippen molar-refractivity contribution in [1.29, 1.82) is 0 Å². The molecule has 21 heavy (non-hydrogen) atoms. The molecular weight excluding hydrogens is 267 g/mol. The molecule has 1 heterocycles. The van der Waals surface area contributed by atoms with E-state index in [9.17, 15) is 9.18 Å². The minimum Gasteiger partial charge on any atom is -0.492 e. The minimum absolute atomic E-state index is 0.0885. The lowest BCUT2D eigenvalue weighted by Gasteiger charge is -2.08. The van der Waals surface area contributed by atoms with Crippen LogP contribution in [0.4, 0.5) is 4.39 Å². The predicted molar refractivity (Wildman–Crippen MR) is 80.0 cm³/mol. The van der Waals surface area contributed by atoms with E-state index in [1.165, 1.54) is 6.07 Å². The van der Waals surface area contributed by atoms with E-state index >= 15 is 0 Å². The Hall–Kier alpha value is -2.42. The summed E-state index contributed by atoms with van der Waals surface area (Å²) in [5.41, 5.74) is 2.49. The first-order chi connectivity index (χ1) is 10.2. The fourth-order valence-electron chi connectivity index (χ4n) is 2.49. The summed E-state index contributed by atoms with van der Waals surface area (Å²) in [5, 5.41) is 0. The Kier molecular flexibility index (Phi) is 3.57. The summed E-state index contributed by atoms with van der Waals surface area (Å²) in [4.78, 5) is 12.6. The van der Waals surface area contributed by atoms with Gasteiger partial charge >= 0.3 is 0 Å². The molecule has 1 aliphatic heterocycles. The minimum atomic E-state index is -0.326. The number of benzene rings is 2. The standard InChI is InChI=1S/C18H15FO2/c1-12-5-4-7-15-17(20)14(9-10-21-18(12)15)11-13-6-2-3-8-16(13)19/h2-8,11H,9-10H2,1H3/b14-11-. The fraction of sp³-hybridized carbons (Fsp3) is 0.167. The monoisotopic (exact) mass is 282 g/mol. The highest BCUT2D eigenvalue weighted by Gasteiger charge is 2.22. The number of fused-ring (bicyclic) bond motifs is 1. The summed E-state index contributed by atoms with van der Waals surface area (Å²) >= 11 is 0. The molecule has 2 aromatic carbocycles. The molecule has 0 spiro atoms. The zero-order valence-corrected chi connectivity index (χ0v) is 11.7. The number of Topliss-reactive ketones (excluding diaryl/α,β-unsaturated/α-hetero) is 1. The molecule has 2 nitrogen and oxygen atoms in total. The number of halogens is 1. The quantitative estimate of drug-likeness (QED) is 0.733. The smallest absolute Gasteiger partial charge is 0.192 e. The second-order valence-corrected chi connectivity index (χ2v) is 5.07. The molecule has 3 heteroatoms. The van der Waals surface area contributed by atoms with E-state index in [1.54, 1.807) is 30.3 Å². The van der Waals surface area contributed by atoms with E-state index in [0.29, 0.717) is 35.5 Å². The topological polar surface area (TPSA) is 26.3 Å². The van der Waals surface area contributed by atoms with Gasteiger partial charge in [-0.1, -0.05) is 30.3 Å². The first-order valence-electron chi connectivity index (χ1n) is 6.89. The Morgan fingerprint density at radius 3 is 2.76 bits per heavy atom. The van der Waals surface area contributed by atoms with E-state index in [1.807, 2.05) is 19.1 Å². The van der Waals surface area contributed by atoms with Gasteiger partial charge < -0.3 is 4.74 Å².